The van der Waals surface area contributed by atoms with Gasteiger partial charge in [0.2, 0.25) is 0 Å². The molecule has 0 saturated carbocycles. The van der Waals surface area contributed by atoms with E-state index in [0.717, 1.165) is 6.07 Å². The van der Waals surface area contributed by atoms with Crippen molar-refractivity contribution < 1.29 is 18.7 Å². The third kappa shape index (κ3) is 7.56. The molecule has 3 aromatic carbocycles. The highest BCUT2D eigenvalue weighted by molar-refractivity contribution is 6.33. The van der Waals surface area contributed by atoms with E-state index in [9.17, 15) is 14.0 Å². The van der Waals surface area contributed by atoms with E-state index in [4.69, 9.17) is 33.7 Å². The maximum absolute atomic E-state index is 13.8. The second-order valence-electron chi connectivity index (χ2n) is 8.49. The summed E-state index contributed by atoms with van der Waals surface area (Å²) in [7, 11) is 0. The van der Waals surface area contributed by atoms with Crippen LogP contribution in [0.2, 0.25) is 10.0 Å². The summed E-state index contributed by atoms with van der Waals surface area (Å²) in [4.78, 5) is 25.5. The quantitative estimate of drug-likeness (QED) is 0.324. The predicted molar refractivity (Wildman–Crippen MR) is 137 cm³/mol. The first-order valence-corrected chi connectivity index (χ1v) is 11.3. The third-order valence-corrected chi connectivity index (χ3v) is 5.17. The maximum Gasteiger partial charge on any atom is 0.262 e. The lowest BCUT2D eigenvalue weighted by Crippen LogP contribution is -2.29. The van der Waals surface area contributed by atoms with E-state index < -0.39 is 29.7 Å². The topological polar surface area (TPSA) is 81.4 Å². The van der Waals surface area contributed by atoms with Crippen LogP contribution in [0.5, 0.6) is 5.75 Å². The van der Waals surface area contributed by atoms with Crippen LogP contribution in [0.25, 0.3) is 0 Å². The number of nitrogens with two attached hydrogens (primary N) is 1. The fourth-order valence-electron chi connectivity index (χ4n) is 3.09. The van der Waals surface area contributed by atoms with Crippen LogP contribution in [-0.4, -0.2) is 23.8 Å². The van der Waals surface area contributed by atoms with E-state index in [1.807, 2.05) is 0 Å². The number of carbonyl (C=O) groups excluding carboxylic acids is 2. The highest BCUT2D eigenvalue weighted by atomic mass is 35.5. The Morgan fingerprint density at radius 2 is 1.83 bits per heavy atom. The fraction of sp³-hybridized carbons (Fsp3) is 0.185. The molecule has 0 unspecified atom stereocenters. The van der Waals surface area contributed by atoms with Crippen molar-refractivity contribution in [3.05, 3.63) is 92.7 Å². The number of halogens is 3. The Labute approximate surface area is 213 Å². The van der Waals surface area contributed by atoms with Gasteiger partial charge >= 0.3 is 0 Å². The Kier molecular flexibility index (Phi) is 8.18. The molecule has 0 spiro atoms. The number of ether oxygens (including phenoxy) is 1. The van der Waals surface area contributed by atoms with Crippen molar-refractivity contribution >= 4 is 40.6 Å². The van der Waals surface area contributed by atoms with Crippen LogP contribution in [-0.2, 0) is 4.79 Å². The van der Waals surface area contributed by atoms with Crippen LogP contribution in [0.15, 0.2) is 54.6 Å². The minimum absolute atomic E-state index is 0.110. The number of rotatable bonds is 6. The summed E-state index contributed by atoms with van der Waals surface area (Å²) in [5.74, 6) is 4.47. The van der Waals surface area contributed by atoms with Gasteiger partial charge in [0.05, 0.1) is 21.8 Å². The van der Waals surface area contributed by atoms with Crippen LogP contribution in [0.4, 0.5) is 10.1 Å². The van der Waals surface area contributed by atoms with Crippen molar-refractivity contribution in [2.24, 2.45) is 5.73 Å². The summed E-state index contributed by atoms with van der Waals surface area (Å²) < 4.78 is 19.4. The lowest BCUT2D eigenvalue weighted by Gasteiger charge is -2.13. The highest BCUT2D eigenvalue weighted by Crippen LogP contribution is 2.27. The number of hydrogen-bond donors (Lipinski definition) is 2. The molecule has 35 heavy (non-hydrogen) atoms. The van der Waals surface area contributed by atoms with Crippen LogP contribution in [0.1, 0.15) is 40.9 Å². The van der Waals surface area contributed by atoms with Gasteiger partial charge in [0.15, 0.2) is 12.4 Å². The van der Waals surface area contributed by atoms with Crippen molar-refractivity contribution in [2.45, 2.75) is 26.3 Å². The molecule has 3 aromatic rings. The first-order valence-electron chi connectivity index (χ1n) is 10.6. The number of nitrogens with one attached hydrogen (secondary N) is 1. The number of aryl methyl sites for hydroxylation is 1. The average molecular weight is 513 g/mol. The van der Waals surface area contributed by atoms with Crippen molar-refractivity contribution in [3.8, 4) is 17.6 Å². The van der Waals surface area contributed by atoms with Crippen LogP contribution in [0, 0.1) is 24.6 Å². The van der Waals surface area contributed by atoms with Crippen LogP contribution in [0.3, 0.4) is 0 Å². The fourth-order valence-corrected chi connectivity index (χ4v) is 3.49. The van der Waals surface area contributed by atoms with Gasteiger partial charge in [-0.3, -0.25) is 9.59 Å². The lowest BCUT2D eigenvalue weighted by molar-refractivity contribution is -0.118. The van der Waals surface area contributed by atoms with E-state index in [-0.39, 0.29) is 16.9 Å². The van der Waals surface area contributed by atoms with Gasteiger partial charge in [-0.1, -0.05) is 35.0 Å². The van der Waals surface area contributed by atoms with Gasteiger partial charge in [0.1, 0.15) is 11.6 Å². The second kappa shape index (κ2) is 10.9. The Balaban J connectivity index is 1.73. The van der Waals surface area contributed by atoms with Gasteiger partial charge in [-0.05, 0) is 80.9 Å². The summed E-state index contributed by atoms with van der Waals surface area (Å²) >= 11 is 12.3. The number of hydrogen-bond acceptors (Lipinski definition) is 4. The van der Waals surface area contributed by atoms with Crippen molar-refractivity contribution in [2.75, 3.05) is 11.9 Å². The first kappa shape index (κ1) is 26.2. The summed E-state index contributed by atoms with van der Waals surface area (Å²) in [6.07, 6.45) is 0. The standard InChI is InChI=1S/C27H23Cl2FN2O3/c1-16-10-18(13-20(30)11-16)26(34)21-14-19(28)5-7-24(21)35-15-25(33)32-23-6-4-17(12-22(23)29)8-9-27(2,3)31/h4-7,10-14H,15,31H2,1-3H3,(H,32,33). The molecule has 0 aliphatic carbocycles. The minimum Gasteiger partial charge on any atom is -0.483 e. The van der Waals surface area contributed by atoms with Crippen LogP contribution < -0.4 is 15.8 Å². The highest BCUT2D eigenvalue weighted by Gasteiger charge is 2.18. The monoisotopic (exact) mass is 512 g/mol. The molecule has 0 aliphatic rings. The normalized spacial score (nSPS) is 10.8. The number of benzene rings is 3. The first-order chi connectivity index (χ1) is 16.4. The zero-order valence-corrected chi connectivity index (χ0v) is 20.9. The average Bonchev–Trinajstić information content (AvgIpc) is 2.76. The van der Waals surface area contributed by atoms with Crippen LogP contribution >= 0.6 is 23.2 Å². The molecule has 8 heteroatoms. The molecule has 180 valence electrons. The van der Waals surface area contributed by atoms with E-state index >= 15 is 0 Å². The molecule has 3 rings (SSSR count). The number of carbonyl (C=O) groups is 2. The lowest BCUT2D eigenvalue weighted by atomic mass is 10.0. The van der Waals surface area contributed by atoms with Gasteiger partial charge in [-0.15, -0.1) is 0 Å². The molecule has 0 radical (unpaired) electrons. The molecular formula is C27H23Cl2FN2O3. The van der Waals surface area contributed by atoms with Gasteiger partial charge in [-0.2, -0.15) is 0 Å². The SMILES string of the molecule is Cc1cc(F)cc(C(=O)c2cc(Cl)ccc2OCC(=O)Nc2ccc(C#CC(C)(C)N)cc2Cl)c1. The summed E-state index contributed by atoms with van der Waals surface area (Å²) in [5, 5.41) is 3.25. The van der Waals surface area contributed by atoms with E-state index in [1.165, 1.54) is 24.3 Å². The van der Waals surface area contributed by atoms with Gasteiger partial charge in [0.25, 0.3) is 5.91 Å². The Morgan fingerprint density at radius 3 is 2.49 bits per heavy atom. The molecule has 0 aliphatic heterocycles. The predicted octanol–water partition coefficient (Wildman–Crippen LogP) is 5.78. The zero-order valence-electron chi connectivity index (χ0n) is 19.3. The maximum atomic E-state index is 13.8. The molecule has 1 amide bonds. The molecule has 0 atom stereocenters. The number of amides is 1. The number of anilines is 1. The molecule has 0 bridgehead atoms. The molecular weight excluding hydrogens is 490 g/mol. The second-order valence-corrected chi connectivity index (χ2v) is 9.33. The van der Waals surface area contributed by atoms with Crippen molar-refractivity contribution in [1.29, 1.82) is 0 Å². The number of ketones is 1. The minimum atomic E-state index is -0.647. The summed E-state index contributed by atoms with van der Waals surface area (Å²) in [6, 6.07) is 13.4. The molecule has 5 nitrogen and oxygen atoms in total. The third-order valence-electron chi connectivity index (χ3n) is 4.62. The van der Waals surface area contributed by atoms with E-state index in [1.54, 1.807) is 45.0 Å². The van der Waals surface area contributed by atoms with Gasteiger partial charge in [-0.25, -0.2) is 4.39 Å². The molecule has 0 aromatic heterocycles. The van der Waals surface area contributed by atoms with Gasteiger partial charge in [0, 0.05) is 16.1 Å². The van der Waals surface area contributed by atoms with Crippen molar-refractivity contribution in [1.82, 2.24) is 0 Å². The summed E-state index contributed by atoms with van der Waals surface area (Å²) in [6.45, 7) is 4.86. The smallest absolute Gasteiger partial charge is 0.262 e. The molecule has 0 saturated heterocycles. The van der Waals surface area contributed by atoms with E-state index in [2.05, 4.69) is 17.2 Å². The zero-order chi connectivity index (χ0) is 25.8. The Morgan fingerprint density at radius 1 is 1.09 bits per heavy atom. The molecule has 3 N–H and O–H groups in total. The molecule has 0 fully saturated rings. The molecule has 0 heterocycles. The summed E-state index contributed by atoms with van der Waals surface area (Å²) in [5.41, 5.74) is 7.09. The van der Waals surface area contributed by atoms with Gasteiger partial charge < -0.3 is 15.8 Å². The van der Waals surface area contributed by atoms with Crippen molar-refractivity contribution in [3.63, 3.8) is 0 Å². The Bertz CT molecular complexity index is 1330. The largest absolute Gasteiger partial charge is 0.483 e. The Hall–Kier alpha value is -3.37. The van der Waals surface area contributed by atoms with E-state index in [0.29, 0.717) is 26.9 Å².